The Labute approximate surface area is 179 Å². The number of nitrogens with zero attached hydrogens (tertiary/aromatic N) is 1. The van der Waals surface area contributed by atoms with Gasteiger partial charge in [-0.1, -0.05) is 32.4 Å². The summed E-state index contributed by atoms with van der Waals surface area (Å²) in [5.74, 6) is 1.85. The highest BCUT2D eigenvalue weighted by atomic mass is 32.1. The van der Waals surface area contributed by atoms with E-state index in [9.17, 15) is 9.59 Å². The van der Waals surface area contributed by atoms with Crippen molar-refractivity contribution in [3.8, 4) is 0 Å². The SMILES string of the molecule is CC1CC2C3CCC4=CC(=O)C=CC4(C)C3CCC2(C)C1C(=O)OC(=S)N(C)C. The van der Waals surface area contributed by atoms with Crippen LogP contribution in [0.4, 0.5) is 0 Å². The van der Waals surface area contributed by atoms with Crippen molar-refractivity contribution in [2.24, 2.45) is 40.4 Å². The van der Waals surface area contributed by atoms with Crippen LogP contribution < -0.4 is 0 Å². The van der Waals surface area contributed by atoms with E-state index < -0.39 is 0 Å². The fraction of sp³-hybridized carbons (Fsp3) is 0.708. The number of fused-ring (bicyclic) bond motifs is 5. The van der Waals surface area contributed by atoms with E-state index in [1.807, 2.05) is 6.08 Å². The maximum atomic E-state index is 13.1. The third-order valence-corrected chi connectivity index (χ3v) is 9.15. The predicted molar refractivity (Wildman–Crippen MR) is 117 cm³/mol. The molecular formula is C24H33NO3S. The van der Waals surface area contributed by atoms with Crippen LogP contribution in [0, 0.1) is 40.4 Å². The molecule has 158 valence electrons. The lowest BCUT2D eigenvalue weighted by Gasteiger charge is -2.56. The first-order valence-corrected chi connectivity index (χ1v) is 11.4. The molecule has 7 atom stereocenters. The Hall–Kier alpha value is -1.49. The van der Waals surface area contributed by atoms with E-state index in [0.717, 1.165) is 32.1 Å². The minimum Gasteiger partial charge on any atom is -0.399 e. The molecule has 0 saturated heterocycles. The van der Waals surface area contributed by atoms with Crippen molar-refractivity contribution in [3.63, 3.8) is 0 Å². The molecule has 3 saturated carbocycles. The largest absolute Gasteiger partial charge is 0.399 e. The van der Waals surface area contributed by atoms with Gasteiger partial charge in [-0.15, -0.1) is 0 Å². The quantitative estimate of drug-likeness (QED) is 0.465. The highest BCUT2D eigenvalue weighted by Gasteiger charge is 2.62. The Morgan fingerprint density at radius 1 is 1.24 bits per heavy atom. The molecule has 0 aliphatic heterocycles. The first-order chi connectivity index (χ1) is 13.6. The number of hydrogen-bond donors (Lipinski definition) is 0. The summed E-state index contributed by atoms with van der Waals surface area (Å²) < 4.78 is 5.59. The van der Waals surface area contributed by atoms with Gasteiger partial charge in [0.2, 0.25) is 0 Å². The smallest absolute Gasteiger partial charge is 0.317 e. The summed E-state index contributed by atoms with van der Waals surface area (Å²) in [4.78, 5) is 26.7. The Balaban J connectivity index is 1.61. The molecule has 0 heterocycles. The average molecular weight is 416 g/mol. The van der Waals surface area contributed by atoms with Gasteiger partial charge in [0.25, 0.3) is 5.17 Å². The lowest BCUT2D eigenvalue weighted by Crippen LogP contribution is -2.50. The van der Waals surface area contributed by atoms with E-state index in [1.54, 1.807) is 25.1 Å². The molecule has 0 spiro atoms. The van der Waals surface area contributed by atoms with Crippen LogP contribution in [0.2, 0.25) is 0 Å². The summed E-state index contributed by atoms with van der Waals surface area (Å²) in [7, 11) is 3.61. The first kappa shape index (κ1) is 20.8. The molecule has 0 N–H and O–H groups in total. The third kappa shape index (κ3) is 3.11. The van der Waals surface area contributed by atoms with E-state index in [4.69, 9.17) is 17.0 Å². The Bertz CT molecular complexity index is 815. The fourth-order valence-corrected chi connectivity index (χ4v) is 7.39. The van der Waals surface area contributed by atoms with E-state index in [-0.39, 0.29) is 33.7 Å². The monoisotopic (exact) mass is 415 g/mol. The highest BCUT2D eigenvalue weighted by Crippen LogP contribution is 2.67. The Morgan fingerprint density at radius 3 is 2.66 bits per heavy atom. The number of thiocarbonyl (C=S) groups is 1. The van der Waals surface area contributed by atoms with Gasteiger partial charge >= 0.3 is 5.97 Å². The first-order valence-electron chi connectivity index (χ1n) is 10.9. The standard InChI is InChI=1S/C24H33NO3S/c1-14-12-19-17-7-6-15-13-16(26)8-10-23(15,2)18(17)9-11-24(19,3)20(14)21(27)28-22(29)25(4)5/h8,10,13-14,17-20H,6-7,9,11-12H2,1-5H3. The molecule has 0 aromatic heterocycles. The molecule has 4 aliphatic rings. The van der Waals surface area contributed by atoms with Gasteiger partial charge in [0, 0.05) is 19.5 Å². The molecule has 0 amide bonds. The molecule has 4 aliphatic carbocycles. The van der Waals surface area contributed by atoms with Gasteiger partial charge in [-0.2, -0.15) is 0 Å². The topological polar surface area (TPSA) is 46.6 Å². The second kappa shape index (κ2) is 7.04. The second-order valence-electron chi connectivity index (χ2n) is 10.4. The van der Waals surface area contributed by atoms with Gasteiger partial charge in [-0.05, 0) is 85.6 Å². The lowest BCUT2D eigenvalue weighted by atomic mass is 9.48. The molecule has 0 aromatic rings. The normalized spacial score (nSPS) is 43.0. The molecular weight excluding hydrogens is 382 g/mol. The third-order valence-electron chi connectivity index (χ3n) is 8.71. The van der Waals surface area contributed by atoms with Gasteiger partial charge < -0.3 is 9.64 Å². The number of carbonyl (C=O) groups excluding carboxylic acids is 2. The maximum absolute atomic E-state index is 13.1. The number of rotatable bonds is 1. The number of hydrogen-bond acceptors (Lipinski definition) is 4. The van der Waals surface area contributed by atoms with Crippen molar-refractivity contribution in [3.05, 3.63) is 23.8 Å². The predicted octanol–water partition coefficient (Wildman–Crippen LogP) is 4.55. The van der Waals surface area contributed by atoms with Crippen molar-refractivity contribution < 1.29 is 14.3 Å². The van der Waals surface area contributed by atoms with Crippen LogP contribution in [-0.2, 0) is 14.3 Å². The van der Waals surface area contributed by atoms with Crippen LogP contribution in [0.5, 0.6) is 0 Å². The highest BCUT2D eigenvalue weighted by molar-refractivity contribution is 7.80. The number of ketones is 1. The minimum atomic E-state index is -0.148. The van der Waals surface area contributed by atoms with Gasteiger partial charge in [0.15, 0.2) is 5.78 Å². The molecule has 0 aromatic carbocycles. The summed E-state index contributed by atoms with van der Waals surface area (Å²) >= 11 is 5.23. The summed E-state index contributed by atoms with van der Waals surface area (Å²) in [5, 5.41) is 0.250. The van der Waals surface area contributed by atoms with Crippen molar-refractivity contribution in [2.75, 3.05) is 14.1 Å². The van der Waals surface area contributed by atoms with Crippen LogP contribution in [0.1, 0.15) is 52.9 Å². The van der Waals surface area contributed by atoms with Crippen LogP contribution in [-0.4, -0.2) is 35.9 Å². The van der Waals surface area contributed by atoms with Crippen molar-refractivity contribution >= 4 is 29.1 Å². The number of carbonyl (C=O) groups is 2. The van der Waals surface area contributed by atoms with Crippen LogP contribution in [0.15, 0.2) is 23.8 Å². The zero-order valence-corrected chi connectivity index (χ0v) is 19.1. The summed E-state index contributed by atoms with van der Waals surface area (Å²) in [5.41, 5.74) is 1.27. The van der Waals surface area contributed by atoms with Gasteiger partial charge in [-0.25, -0.2) is 0 Å². The van der Waals surface area contributed by atoms with E-state index >= 15 is 0 Å². The van der Waals surface area contributed by atoms with Gasteiger partial charge in [-0.3, -0.25) is 9.59 Å². The second-order valence-corrected chi connectivity index (χ2v) is 10.8. The van der Waals surface area contributed by atoms with Crippen molar-refractivity contribution in [2.45, 2.75) is 52.9 Å². The van der Waals surface area contributed by atoms with Gasteiger partial charge in [0.05, 0.1) is 5.92 Å². The maximum Gasteiger partial charge on any atom is 0.317 e. The minimum absolute atomic E-state index is 0.00746. The van der Waals surface area contributed by atoms with Crippen LogP contribution in [0.25, 0.3) is 0 Å². The molecule has 3 fully saturated rings. The van der Waals surface area contributed by atoms with Crippen LogP contribution in [0.3, 0.4) is 0 Å². The molecule has 4 rings (SSSR count). The van der Waals surface area contributed by atoms with Crippen molar-refractivity contribution in [1.82, 2.24) is 4.90 Å². The molecule has 5 heteroatoms. The molecule has 4 nitrogen and oxygen atoms in total. The Kier molecular flexibility index (Phi) is 5.04. The zero-order chi connectivity index (χ0) is 21.1. The molecule has 7 unspecified atom stereocenters. The van der Waals surface area contributed by atoms with Crippen LogP contribution >= 0.6 is 12.2 Å². The number of ether oxygens (including phenoxy) is 1. The summed E-state index contributed by atoms with van der Waals surface area (Å²) in [6, 6.07) is 0. The molecule has 29 heavy (non-hydrogen) atoms. The van der Waals surface area contributed by atoms with E-state index in [1.165, 1.54) is 5.57 Å². The summed E-state index contributed by atoms with van der Waals surface area (Å²) in [6.45, 7) is 6.84. The molecule has 0 radical (unpaired) electrons. The van der Waals surface area contributed by atoms with E-state index in [2.05, 4.69) is 26.8 Å². The summed E-state index contributed by atoms with van der Waals surface area (Å²) in [6.07, 6.45) is 11.1. The zero-order valence-electron chi connectivity index (χ0n) is 18.2. The number of allylic oxidation sites excluding steroid dienone is 4. The van der Waals surface area contributed by atoms with Gasteiger partial charge in [0.1, 0.15) is 0 Å². The lowest BCUT2D eigenvalue weighted by molar-refractivity contribution is -0.149. The number of esters is 1. The van der Waals surface area contributed by atoms with Crippen molar-refractivity contribution in [1.29, 1.82) is 0 Å². The average Bonchev–Trinajstić information content (AvgIpc) is 2.92. The molecule has 0 bridgehead atoms. The fourth-order valence-electron chi connectivity index (χ4n) is 7.30. The van der Waals surface area contributed by atoms with E-state index in [0.29, 0.717) is 23.7 Å². The Morgan fingerprint density at radius 2 is 1.97 bits per heavy atom.